The van der Waals surface area contributed by atoms with Crippen molar-refractivity contribution in [2.75, 3.05) is 31.1 Å². The molecule has 0 saturated carbocycles. The number of carbonyl (C=O) groups excluding carboxylic acids is 1. The molecule has 2 fully saturated rings. The summed E-state index contributed by atoms with van der Waals surface area (Å²) < 4.78 is 27.0. The fourth-order valence-electron chi connectivity index (χ4n) is 3.27. The van der Waals surface area contributed by atoms with E-state index in [0.717, 1.165) is 16.0 Å². The molecule has 0 spiro atoms. The van der Waals surface area contributed by atoms with Crippen molar-refractivity contribution in [2.24, 2.45) is 0 Å². The summed E-state index contributed by atoms with van der Waals surface area (Å²) in [6.07, 6.45) is -1.73. The smallest absolute Gasteiger partial charge is 0.254 e. The summed E-state index contributed by atoms with van der Waals surface area (Å²) in [6, 6.07) is 0.873. The van der Waals surface area contributed by atoms with Crippen LogP contribution in [-0.2, 0) is 4.79 Å². The zero-order chi connectivity index (χ0) is 17.4. The van der Waals surface area contributed by atoms with Gasteiger partial charge in [0.1, 0.15) is 18.4 Å². The number of hydrogen-bond acceptors (Lipinski definition) is 7. The molecule has 4 rings (SSSR count). The number of aromatic nitrogens is 2. The molecule has 134 valence electrons. The van der Waals surface area contributed by atoms with Gasteiger partial charge in [0.05, 0.1) is 16.3 Å². The van der Waals surface area contributed by atoms with Crippen molar-refractivity contribution < 1.29 is 13.6 Å². The van der Waals surface area contributed by atoms with Crippen LogP contribution in [0.4, 0.5) is 14.6 Å². The predicted molar refractivity (Wildman–Crippen MR) is 90.7 cm³/mol. The van der Waals surface area contributed by atoms with Gasteiger partial charge in [0, 0.05) is 32.6 Å². The fourth-order valence-corrected chi connectivity index (χ4v) is 4.13. The second-order valence-corrected chi connectivity index (χ2v) is 7.05. The standard InChI is InChI=1S/C15H18F2N6OS/c16-13(17)10-7-11(24)21-15(20-10)23-4-2-22(3-5-23)14-12-9(1-6-25-12)18-8-19-14/h1,6,8,10,13,15,20H,2-5,7H2,(H,21,24). The van der Waals surface area contributed by atoms with Crippen molar-refractivity contribution in [3.63, 3.8) is 0 Å². The second kappa shape index (κ2) is 6.77. The summed E-state index contributed by atoms with van der Waals surface area (Å²) >= 11 is 1.61. The fraction of sp³-hybridized carbons (Fsp3) is 0.533. The maximum absolute atomic E-state index is 13.0. The Balaban J connectivity index is 1.43. The Morgan fingerprint density at radius 1 is 1.24 bits per heavy atom. The van der Waals surface area contributed by atoms with Crippen LogP contribution in [0.15, 0.2) is 17.8 Å². The van der Waals surface area contributed by atoms with Crippen LogP contribution in [0.25, 0.3) is 10.2 Å². The van der Waals surface area contributed by atoms with Gasteiger partial charge in [0.2, 0.25) is 5.91 Å². The number of nitrogens with zero attached hydrogens (tertiary/aromatic N) is 4. The van der Waals surface area contributed by atoms with Gasteiger partial charge in [-0.2, -0.15) is 0 Å². The Morgan fingerprint density at radius 3 is 2.80 bits per heavy atom. The van der Waals surface area contributed by atoms with Crippen LogP contribution in [0.5, 0.6) is 0 Å². The van der Waals surface area contributed by atoms with Crippen LogP contribution in [0.3, 0.4) is 0 Å². The molecule has 2 saturated heterocycles. The molecule has 1 amide bonds. The topological polar surface area (TPSA) is 73.4 Å². The Kier molecular flexibility index (Phi) is 4.48. The quantitative estimate of drug-likeness (QED) is 0.837. The van der Waals surface area contributed by atoms with Crippen LogP contribution < -0.4 is 15.5 Å². The second-order valence-electron chi connectivity index (χ2n) is 6.14. The van der Waals surface area contributed by atoms with E-state index in [0.29, 0.717) is 26.2 Å². The number of fused-ring (bicyclic) bond motifs is 1. The monoisotopic (exact) mass is 368 g/mol. The molecular formula is C15H18F2N6OS. The predicted octanol–water partition coefficient (Wildman–Crippen LogP) is 0.840. The molecule has 25 heavy (non-hydrogen) atoms. The van der Waals surface area contributed by atoms with E-state index in [1.54, 1.807) is 17.7 Å². The van der Waals surface area contributed by atoms with Crippen LogP contribution in [0.2, 0.25) is 0 Å². The highest BCUT2D eigenvalue weighted by Crippen LogP contribution is 2.28. The first-order valence-electron chi connectivity index (χ1n) is 8.12. The number of amides is 1. The molecule has 4 heterocycles. The van der Waals surface area contributed by atoms with Gasteiger partial charge in [-0.25, -0.2) is 18.7 Å². The molecule has 2 aliphatic rings. The minimum atomic E-state index is -2.55. The highest BCUT2D eigenvalue weighted by Gasteiger charge is 2.35. The number of nitrogens with one attached hydrogen (secondary N) is 2. The molecule has 0 radical (unpaired) electrons. The average Bonchev–Trinajstić information content (AvgIpc) is 3.10. The number of rotatable bonds is 3. The first kappa shape index (κ1) is 16.6. The van der Waals surface area contributed by atoms with E-state index >= 15 is 0 Å². The maximum Gasteiger partial charge on any atom is 0.254 e. The normalized spacial score (nSPS) is 25.6. The number of halogens is 2. The molecule has 0 aliphatic carbocycles. The molecule has 0 bridgehead atoms. The van der Waals surface area contributed by atoms with Crippen molar-refractivity contribution >= 4 is 33.3 Å². The first-order chi connectivity index (χ1) is 12.1. The summed E-state index contributed by atoms with van der Waals surface area (Å²) in [5.74, 6) is 0.568. The lowest BCUT2D eigenvalue weighted by molar-refractivity contribution is -0.129. The van der Waals surface area contributed by atoms with Gasteiger partial charge in [0.25, 0.3) is 6.43 Å². The number of hydrogen-bond donors (Lipinski definition) is 2. The molecule has 10 heteroatoms. The number of carbonyl (C=O) groups is 1. The van der Waals surface area contributed by atoms with Crippen molar-refractivity contribution in [3.8, 4) is 0 Å². The molecule has 2 aromatic rings. The van der Waals surface area contributed by atoms with E-state index in [4.69, 9.17) is 0 Å². The van der Waals surface area contributed by atoms with Gasteiger partial charge in [-0.1, -0.05) is 0 Å². The van der Waals surface area contributed by atoms with E-state index in [2.05, 4.69) is 25.5 Å². The van der Waals surface area contributed by atoms with Gasteiger partial charge in [-0.05, 0) is 11.4 Å². The van der Waals surface area contributed by atoms with E-state index in [9.17, 15) is 13.6 Å². The SMILES string of the molecule is O=C1CC(C(F)F)NC(N2CCN(c3ncnc4ccsc34)CC2)N1. The van der Waals surface area contributed by atoms with Crippen LogP contribution in [0, 0.1) is 0 Å². The van der Waals surface area contributed by atoms with Crippen LogP contribution in [0.1, 0.15) is 6.42 Å². The Bertz CT molecular complexity index is 763. The number of alkyl halides is 2. The zero-order valence-corrected chi connectivity index (χ0v) is 14.2. The zero-order valence-electron chi connectivity index (χ0n) is 13.4. The van der Waals surface area contributed by atoms with E-state index < -0.39 is 18.8 Å². The van der Waals surface area contributed by atoms with Gasteiger partial charge in [0.15, 0.2) is 0 Å². The molecule has 2 aromatic heterocycles. The van der Waals surface area contributed by atoms with Crippen LogP contribution >= 0.6 is 11.3 Å². The van der Waals surface area contributed by atoms with Gasteiger partial charge in [-0.15, -0.1) is 11.3 Å². The minimum absolute atomic E-state index is 0.189. The molecule has 2 atom stereocenters. The van der Waals surface area contributed by atoms with Crippen molar-refractivity contribution in [1.29, 1.82) is 0 Å². The number of thiophene rings is 1. The molecule has 2 unspecified atom stereocenters. The summed E-state index contributed by atoms with van der Waals surface area (Å²) in [6.45, 7) is 2.70. The number of anilines is 1. The largest absolute Gasteiger partial charge is 0.353 e. The van der Waals surface area contributed by atoms with Gasteiger partial charge >= 0.3 is 0 Å². The molecule has 7 nitrogen and oxygen atoms in total. The lowest BCUT2D eigenvalue weighted by atomic mass is 10.1. The summed E-state index contributed by atoms with van der Waals surface area (Å²) in [7, 11) is 0. The van der Waals surface area contributed by atoms with Crippen molar-refractivity contribution in [2.45, 2.75) is 25.2 Å². The molecule has 0 aromatic carbocycles. The highest BCUT2D eigenvalue weighted by molar-refractivity contribution is 7.17. The van der Waals surface area contributed by atoms with E-state index in [1.807, 2.05) is 16.3 Å². The third-order valence-corrected chi connectivity index (χ3v) is 5.48. The van der Waals surface area contributed by atoms with Crippen molar-refractivity contribution in [3.05, 3.63) is 17.8 Å². The average molecular weight is 368 g/mol. The van der Waals surface area contributed by atoms with E-state index in [-0.39, 0.29) is 12.3 Å². The van der Waals surface area contributed by atoms with Gasteiger partial charge < -0.3 is 10.2 Å². The highest BCUT2D eigenvalue weighted by atomic mass is 32.1. The number of piperazine rings is 1. The lowest BCUT2D eigenvalue weighted by Gasteiger charge is -2.43. The maximum atomic E-state index is 13.0. The molecule has 2 aliphatic heterocycles. The third-order valence-electron chi connectivity index (χ3n) is 4.58. The van der Waals surface area contributed by atoms with Crippen molar-refractivity contribution in [1.82, 2.24) is 25.5 Å². The van der Waals surface area contributed by atoms with E-state index in [1.165, 1.54) is 0 Å². The first-order valence-corrected chi connectivity index (χ1v) is 9.00. The Labute approximate surface area is 147 Å². The lowest BCUT2D eigenvalue weighted by Crippen LogP contribution is -2.67. The van der Waals surface area contributed by atoms with Gasteiger partial charge in [-0.3, -0.25) is 15.0 Å². The summed E-state index contributed by atoms with van der Waals surface area (Å²) in [5, 5.41) is 7.58. The molecule has 2 N–H and O–H groups in total. The summed E-state index contributed by atoms with van der Waals surface area (Å²) in [4.78, 5) is 24.5. The summed E-state index contributed by atoms with van der Waals surface area (Å²) in [5.41, 5.74) is 0.929. The Morgan fingerprint density at radius 2 is 2.04 bits per heavy atom. The third kappa shape index (κ3) is 3.29. The molecular weight excluding hydrogens is 350 g/mol. The van der Waals surface area contributed by atoms with Crippen LogP contribution in [-0.4, -0.2) is 65.7 Å². The minimum Gasteiger partial charge on any atom is -0.353 e. The Hall–Kier alpha value is -1.91.